The second kappa shape index (κ2) is 8.34. The van der Waals surface area contributed by atoms with Gasteiger partial charge in [-0.1, -0.05) is 29.8 Å². The van der Waals surface area contributed by atoms with Crippen molar-refractivity contribution < 1.29 is 9.53 Å². The molecule has 1 aliphatic heterocycles. The minimum atomic E-state index is -0.291. The van der Waals surface area contributed by atoms with Gasteiger partial charge in [0, 0.05) is 36.0 Å². The van der Waals surface area contributed by atoms with Crippen LogP contribution in [0, 0.1) is 6.92 Å². The summed E-state index contributed by atoms with van der Waals surface area (Å²) >= 11 is 6.07. The third-order valence-electron chi connectivity index (χ3n) is 4.15. The summed E-state index contributed by atoms with van der Waals surface area (Å²) in [6.45, 7) is 6.33. The van der Waals surface area contributed by atoms with Gasteiger partial charge in [-0.15, -0.1) is 0 Å². The summed E-state index contributed by atoms with van der Waals surface area (Å²) in [5.41, 5.74) is 3.61. The van der Waals surface area contributed by atoms with Crippen LogP contribution in [0.1, 0.15) is 11.1 Å². The number of benzene rings is 2. The number of anilines is 2. The van der Waals surface area contributed by atoms with Crippen molar-refractivity contribution in [1.29, 1.82) is 0 Å². The van der Waals surface area contributed by atoms with E-state index >= 15 is 0 Å². The number of hydrogen-bond acceptors (Lipinski definition) is 3. The van der Waals surface area contributed by atoms with Gasteiger partial charge in [-0.25, -0.2) is 4.79 Å². The highest BCUT2D eigenvalue weighted by atomic mass is 35.5. The molecule has 0 spiro atoms. The molecule has 0 radical (unpaired) electrons. The van der Waals surface area contributed by atoms with E-state index in [9.17, 15) is 4.79 Å². The van der Waals surface area contributed by atoms with Crippen molar-refractivity contribution in [3.63, 3.8) is 0 Å². The Morgan fingerprint density at radius 1 is 1.08 bits per heavy atom. The quantitative estimate of drug-likeness (QED) is 0.863. The Kier molecular flexibility index (Phi) is 5.91. The first-order valence-electron chi connectivity index (χ1n) is 8.33. The lowest BCUT2D eigenvalue weighted by Crippen LogP contribution is -2.35. The van der Waals surface area contributed by atoms with Gasteiger partial charge < -0.3 is 15.4 Å². The molecule has 25 heavy (non-hydrogen) atoms. The van der Waals surface area contributed by atoms with Gasteiger partial charge in [-0.05, 0) is 42.3 Å². The number of ether oxygens (including phenoxy) is 1. The van der Waals surface area contributed by atoms with Crippen LogP contribution in [0.15, 0.2) is 42.5 Å². The van der Waals surface area contributed by atoms with Gasteiger partial charge in [-0.3, -0.25) is 4.90 Å². The first-order valence-corrected chi connectivity index (χ1v) is 8.71. The van der Waals surface area contributed by atoms with Crippen LogP contribution in [0.3, 0.4) is 0 Å². The number of carbonyl (C=O) groups is 1. The van der Waals surface area contributed by atoms with Crippen LogP contribution in [0.25, 0.3) is 0 Å². The van der Waals surface area contributed by atoms with Crippen molar-refractivity contribution in [2.45, 2.75) is 13.5 Å². The van der Waals surface area contributed by atoms with Gasteiger partial charge in [-0.2, -0.15) is 0 Å². The van der Waals surface area contributed by atoms with Gasteiger partial charge in [0.05, 0.1) is 13.2 Å². The zero-order chi connectivity index (χ0) is 17.6. The number of hydrogen-bond donors (Lipinski definition) is 2. The zero-order valence-electron chi connectivity index (χ0n) is 14.2. The fourth-order valence-corrected chi connectivity index (χ4v) is 2.86. The van der Waals surface area contributed by atoms with E-state index in [2.05, 4.69) is 15.5 Å². The lowest BCUT2D eigenvalue weighted by molar-refractivity contribution is 0.0342. The Morgan fingerprint density at radius 3 is 2.40 bits per heavy atom. The van der Waals surface area contributed by atoms with Gasteiger partial charge in [0.2, 0.25) is 0 Å². The third kappa shape index (κ3) is 5.19. The van der Waals surface area contributed by atoms with Crippen molar-refractivity contribution in [2.24, 2.45) is 0 Å². The highest BCUT2D eigenvalue weighted by Gasteiger charge is 2.10. The fourth-order valence-electron chi connectivity index (χ4n) is 2.68. The lowest BCUT2D eigenvalue weighted by atomic mass is 10.2. The largest absolute Gasteiger partial charge is 0.379 e. The minimum Gasteiger partial charge on any atom is -0.379 e. The number of halogens is 1. The molecule has 2 aromatic carbocycles. The molecule has 0 aromatic heterocycles. The third-order valence-corrected chi connectivity index (χ3v) is 4.56. The van der Waals surface area contributed by atoms with E-state index < -0.39 is 0 Å². The molecule has 0 bridgehead atoms. The molecule has 1 heterocycles. The Labute approximate surface area is 152 Å². The second-order valence-corrected chi connectivity index (χ2v) is 6.54. The van der Waals surface area contributed by atoms with Crippen molar-refractivity contribution in [3.05, 3.63) is 58.6 Å². The smallest absolute Gasteiger partial charge is 0.323 e. The van der Waals surface area contributed by atoms with E-state index in [-0.39, 0.29) is 6.03 Å². The van der Waals surface area contributed by atoms with E-state index in [0.717, 1.165) is 44.1 Å². The first kappa shape index (κ1) is 17.7. The first-order chi connectivity index (χ1) is 12.1. The van der Waals surface area contributed by atoms with Crippen LogP contribution in [0.4, 0.5) is 16.2 Å². The maximum absolute atomic E-state index is 12.1. The molecule has 132 valence electrons. The normalized spacial score (nSPS) is 15.0. The second-order valence-electron chi connectivity index (χ2n) is 6.13. The van der Waals surface area contributed by atoms with Crippen LogP contribution in [-0.4, -0.2) is 37.2 Å². The van der Waals surface area contributed by atoms with E-state index in [1.165, 1.54) is 5.56 Å². The fraction of sp³-hybridized carbons (Fsp3) is 0.316. The average molecular weight is 360 g/mol. The Balaban J connectivity index is 1.53. The highest BCUT2D eigenvalue weighted by Crippen LogP contribution is 2.20. The number of morpholine rings is 1. The van der Waals surface area contributed by atoms with E-state index in [1.54, 1.807) is 6.07 Å². The van der Waals surface area contributed by atoms with E-state index in [1.807, 2.05) is 43.3 Å². The van der Waals surface area contributed by atoms with Crippen molar-refractivity contribution in [3.8, 4) is 0 Å². The van der Waals surface area contributed by atoms with E-state index in [0.29, 0.717) is 10.7 Å². The summed E-state index contributed by atoms with van der Waals surface area (Å²) < 4.78 is 5.36. The summed E-state index contributed by atoms with van der Waals surface area (Å²) in [5, 5.41) is 6.24. The molecule has 3 rings (SSSR count). The lowest BCUT2D eigenvalue weighted by Gasteiger charge is -2.26. The highest BCUT2D eigenvalue weighted by molar-refractivity contribution is 6.31. The van der Waals surface area contributed by atoms with Crippen molar-refractivity contribution >= 4 is 29.0 Å². The number of amides is 2. The van der Waals surface area contributed by atoms with Crippen LogP contribution in [0.2, 0.25) is 5.02 Å². The maximum Gasteiger partial charge on any atom is 0.323 e. The topological polar surface area (TPSA) is 53.6 Å². The minimum absolute atomic E-state index is 0.291. The molecular weight excluding hydrogens is 338 g/mol. The van der Waals surface area contributed by atoms with Gasteiger partial charge in [0.25, 0.3) is 0 Å². The molecule has 6 heteroatoms. The Hall–Kier alpha value is -2.08. The molecule has 0 aliphatic carbocycles. The molecule has 5 nitrogen and oxygen atoms in total. The summed E-state index contributed by atoms with van der Waals surface area (Å²) in [7, 11) is 0. The number of carbonyl (C=O) groups excluding carboxylic acids is 1. The van der Waals surface area contributed by atoms with Gasteiger partial charge in [0.1, 0.15) is 0 Å². The molecule has 1 saturated heterocycles. The number of aryl methyl sites for hydroxylation is 1. The predicted molar refractivity (Wildman–Crippen MR) is 101 cm³/mol. The maximum atomic E-state index is 12.1. The van der Waals surface area contributed by atoms with Crippen molar-refractivity contribution in [2.75, 3.05) is 36.9 Å². The van der Waals surface area contributed by atoms with Gasteiger partial charge >= 0.3 is 6.03 Å². The average Bonchev–Trinajstić information content (AvgIpc) is 2.61. The van der Waals surface area contributed by atoms with Gasteiger partial charge in [0.15, 0.2) is 0 Å². The standard InChI is InChI=1S/C19H22ClN3O2/c1-14-2-5-17(12-18(14)20)22-19(24)21-16-6-3-15(4-7-16)13-23-8-10-25-11-9-23/h2-7,12H,8-11,13H2,1H3,(H2,21,22,24). The summed E-state index contributed by atoms with van der Waals surface area (Å²) in [5.74, 6) is 0. The van der Waals surface area contributed by atoms with Crippen LogP contribution in [-0.2, 0) is 11.3 Å². The summed E-state index contributed by atoms with van der Waals surface area (Å²) in [6.07, 6.45) is 0. The molecule has 0 unspecified atom stereocenters. The Morgan fingerprint density at radius 2 is 1.72 bits per heavy atom. The number of nitrogens with zero attached hydrogens (tertiary/aromatic N) is 1. The predicted octanol–water partition coefficient (Wildman–Crippen LogP) is 4.12. The molecule has 1 fully saturated rings. The van der Waals surface area contributed by atoms with Crippen molar-refractivity contribution in [1.82, 2.24) is 4.90 Å². The molecule has 0 atom stereocenters. The molecule has 0 saturated carbocycles. The molecule has 2 amide bonds. The van der Waals surface area contributed by atoms with Crippen LogP contribution < -0.4 is 10.6 Å². The summed E-state index contributed by atoms with van der Waals surface area (Å²) in [4.78, 5) is 14.5. The molecular formula is C19H22ClN3O2. The zero-order valence-corrected chi connectivity index (χ0v) is 15.0. The van der Waals surface area contributed by atoms with Crippen LogP contribution >= 0.6 is 11.6 Å². The van der Waals surface area contributed by atoms with E-state index in [4.69, 9.17) is 16.3 Å². The summed E-state index contributed by atoms with van der Waals surface area (Å²) in [6, 6.07) is 13.0. The SMILES string of the molecule is Cc1ccc(NC(=O)Nc2ccc(CN3CCOCC3)cc2)cc1Cl. The molecule has 2 aromatic rings. The molecule has 1 aliphatic rings. The van der Waals surface area contributed by atoms with Crippen LogP contribution in [0.5, 0.6) is 0 Å². The number of urea groups is 1. The monoisotopic (exact) mass is 359 g/mol. The number of nitrogens with one attached hydrogen (secondary N) is 2. The molecule has 2 N–H and O–H groups in total. The Bertz CT molecular complexity index is 728. The number of rotatable bonds is 4.